The molecule has 0 radical (unpaired) electrons. The maximum Gasteiger partial charge on any atom is 0.260 e. The van der Waals surface area contributed by atoms with Gasteiger partial charge in [0.05, 0.1) is 12.5 Å². The van der Waals surface area contributed by atoms with Gasteiger partial charge in [-0.15, -0.1) is 11.3 Å². The zero-order valence-corrected chi connectivity index (χ0v) is 14.6. The van der Waals surface area contributed by atoms with E-state index in [1.54, 1.807) is 19.5 Å². The van der Waals surface area contributed by atoms with Crippen LogP contribution in [0.5, 0.6) is 5.75 Å². The van der Waals surface area contributed by atoms with Gasteiger partial charge in [-0.2, -0.15) is 0 Å². The number of ether oxygens (including phenoxy) is 1. The Morgan fingerprint density at radius 1 is 1.16 bits per heavy atom. The van der Waals surface area contributed by atoms with Crippen LogP contribution in [-0.2, 0) is 0 Å². The van der Waals surface area contributed by atoms with Crippen molar-refractivity contribution in [3.05, 3.63) is 64.0 Å². The summed E-state index contributed by atoms with van der Waals surface area (Å²) in [6.45, 7) is 2.00. The summed E-state index contributed by atoms with van der Waals surface area (Å²) in [5.74, 6) is 1.29. The number of pyridine rings is 1. The zero-order chi connectivity index (χ0) is 17.4. The van der Waals surface area contributed by atoms with Gasteiger partial charge in [-0.05, 0) is 36.8 Å². The minimum Gasteiger partial charge on any atom is -0.497 e. The zero-order valence-electron chi connectivity index (χ0n) is 13.7. The second kappa shape index (κ2) is 6.14. The molecule has 1 N–H and O–H groups in total. The van der Waals surface area contributed by atoms with E-state index in [2.05, 4.69) is 15.0 Å². The minimum absolute atomic E-state index is 0.147. The van der Waals surface area contributed by atoms with Crippen LogP contribution in [0.15, 0.2) is 53.6 Å². The molecule has 0 amide bonds. The number of hydrogen-bond donors (Lipinski definition) is 1. The molecule has 0 bridgehead atoms. The fraction of sp³-hybridized carbons (Fsp3) is 0.105. The number of H-pyrrole nitrogens is 1. The predicted molar refractivity (Wildman–Crippen MR) is 100 cm³/mol. The smallest absolute Gasteiger partial charge is 0.260 e. The third-order valence-electron chi connectivity index (χ3n) is 4.03. The highest BCUT2D eigenvalue weighted by atomic mass is 32.1. The highest BCUT2D eigenvalue weighted by Gasteiger charge is 2.17. The van der Waals surface area contributed by atoms with Gasteiger partial charge in [0, 0.05) is 28.4 Å². The van der Waals surface area contributed by atoms with Crippen LogP contribution in [0.3, 0.4) is 0 Å². The number of nitrogens with zero attached hydrogens (tertiary/aromatic N) is 2. The first-order chi connectivity index (χ1) is 12.2. The summed E-state index contributed by atoms with van der Waals surface area (Å²) >= 11 is 1.52. The number of rotatable bonds is 3. The van der Waals surface area contributed by atoms with Gasteiger partial charge in [-0.3, -0.25) is 9.78 Å². The van der Waals surface area contributed by atoms with Crippen LogP contribution in [0.4, 0.5) is 0 Å². The third kappa shape index (κ3) is 2.70. The molecule has 1 aromatic carbocycles. The number of nitrogens with one attached hydrogen (secondary N) is 1. The number of aryl methyl sites for hydroxylation is 1. The van der Waals surface area contributed by atoms with Gasteiger partial charge in [0.2, 0.25) is 0 Å². The van der Waals surface area contributed by atoms with E-state index >= 15 is 0 Å². The highest BCUT2D eigenvalue weighted by Crippen LogP contribution is 2.37. The largest absolute Gasteiger partial charge is 0.497 e. The topological polar surface area (TPSA) is 67.9 Å². The summed E-state index contributed by atoms with van der Waals surface area (Å²) < 4.78 is 5.31. The van der Waals surface area contributed by atoms with Gasteiger partial charge in [-0.25, -0.2) is 4.98 Å². The molecule has 3 aromatic heterocycles. The summed E-state index contributed by atoms with van der Waals surface area (Å²) in [6, 6.07) is 11.4. The van der Waals surface area contributed by atoms with Gasteiger partial charge in [0.1, 0.15) is 16.4 Å². The Bertz CT molecular complexity index is 1120. The molecule has 25 heavy (non-hydrogen) atoms. The number of methoxy groups -OCH3 is 1. The number of aromatic amines is 1. The number of benzene rings is 1. The van der Waals surface area contributed by atoms with Crippen molar-refractivity contribution in [2.45, 2.75) is 6.92 Å². The van der Waals surface area contributed by atoms with E-state index in [0.29, 0.717) is 11.2 Å². The maximum absolute atomic E-state index is 12.8. The molecule has 0 aliphatic heterocycles. The fourth-order valence-electron chi connectivity index (χ4n) is 2.88. The van der Waals surface area contributed by atoms with E-state index in [1.165, 1.54) is 11.3 Å². The standard InChI is InChI=1S/C19H15N3O2S/c1-11-15(12-5-3-7-14(9-12)24-2)16-18(23)21-17(22-19(16)25-11)13-6-4-8-20-10-13/h3-10H,1-2H3,(H,21,22,23). The van der Waals surface area contributed by atoms with E-state index in [9.17, 15) is 4.79 Å². The van der Waals surface area contributed by atoms with Crippen molar-refractivity contribution in [2.75, 3.05) is 7.11 Å². The lowest BCUT2D eigenvalue weighted by Crippen LogP contribution is -2.09. The molecule has 5 nitrogen and oxygen atoms in total. The summed E-state index contributed by atoms with van der Waals surface area (Å²) in [5.41, 5.74) is 2.50. The summed E-state index contributed by atoms with van der Waals surface area (Å²) in [6.07, 6.45) is 3.38. The first-order valence-corrected chi connectivity index (χ1v) is 8.57. The molecular formula is C19H15N3O2S. The summed E-state index contributed by atoms with van der Waals surface area (Å²) in [4.78, 5) is 26.2. The first kappa shape index (κ1) is 15.5. The monoisotopic (exact) mass is 349 g/mol. The fourth-order valence-corrected chi connectivity index (χ4v) is 3.93. The van der Waals surface area contributed by atoms with Crippen molar-refractivity contribution in [1.29, 1.82) is 0 Å². The molecular weight excluding hydrogens is 334 g/mol. The van der Waals surface area contributed by atoms with Crippen molar-refractivity contribution < 1.29 is 4.74 Å². The van der Waals surface area contributed by atoms with E-state index in [1.807, 2.05) is 43.3 Å². The first-order valence-electron chi connectivity index (χ1n) is 7.75. The minimum atomic E-state index is -0.147. The Hall–Kier alpha value is -2.99. The van der Waals surface area contributed by atoms with E-state index in [4.69, 9.17) is 4.74 Å². The van der Waals surface area contributed by atoms with Crippen molar-refractivity contribution in [3.63, 3.8) is 0 Å². The molecule has 3 heterocycles. The van der Waals surface area contributed by atoms with Gasteiger partial charge in [0.25, 0.3) is 5.56 Å². The quantitative estimate of drug-likeness (QED) is 0.606. The molecule has 4 aromatic rings. The van der Waals surface area contributed by atoms with E-state index in [-0.39, 0.29) is 5.56 Å². The van der Waals surface area contributed by atoms with E-state index < -0.39 is 0 Å². The van der Waals surface area contributed by atoms with Gasteiger partial charge >= 0.3 is 0 Å². The Labute approximate surface area is 148 Å². The Morgan fingerprint density at radius 2 is 2.00 bits per heavy atom. The number of thiophene rings is 1. The lowest BCUT2D eigenvalue weighted by atomic mass is 10.0. The number of hydrogen-bond acceptors (Lipinski definition) is 5. The average Bonchev–Trinajstić information content (AvgIpc) is 2.99. The molecule has 0 aliphatic rings. The lowest BCUT2D eigenvalue weighted by molar-refractivity contribution is 0.415. The van der Waals surface area contributed by atoms with Crippen LogP contribution in [0.25, 0.3) is 32.7 Å². The molecule has 6 heteroatoms. The molecule has 124 valence electrons. The van der Waals surface area contributed by atoms with Crippen LogP contribution in [0.2, 0.25) is 0 Å². The third-order valence-corrected chi connectivity index (χ3v) is 5.03. The average molecular weight is 349 g/mol. The summed E-state index contributed by atoms with van der Waals surface area (Å²) in [7, 11) is 1.63. The van der Waals surface area contributed by atoms with Crippen LogP contribution in [0, 0.1) is 6.92 Å². The van der Waals surface area contributed by atoms with Crippen molar-refractivity contribution in [1.82, 2.24) is 15.0 Å². The molecule has 4 rings (SSSR count). The van der Waals surface area contributed by atoms with Crippen molar-refractivity contribution >= 4 is 21.6 Å². The van der Waals surface area contributed by atoms with E-state index in [0.717, 1.165) is 32.1 Å². The van der Waals surface area contributed by atoms with Gasteiger partial charge in [-0.1, -0.05) is 12.1 Å². The Kier molecular flexibility index (Phi) is 3.82. The number of aromatic nitrogens is 3. The molecule has 0 saturated carbocycles. The molecule has 0 fully saturated rings. The highest BCUT2D eigenvalue weighted by molar-refractivity contribution is 7.19. The van der Waals surface area contributed by atoms with Crippen LogP contribution >= 0.6 is 11.3 Å². The van der Waals surface area contributed by atoms with Gasteiger partial charge < -0.3 is 9.72 Å². The van der Waals surface area contributed by atoms with Crippen molar-refractivity contribution in [3.8, 4) is 28.3 Å². The summed E-state index contributed by atoms with van der Waals surface area (Å²) in [5, 5.41) is 0.614. The predicted octanol–water partition coefficient (Wildman–Crippen LogP) is 4.03. The lowest BCUT2D eigenvalue weighted by Gasteiger charge is -2.05. The van der Waals surface area contributed by atoms with Crippen LogP contribution < -0.4 is 10.3 Å². The number of fused-ring (bicyclic) bond motifs is 1. The molecule has 0 saturated heterocycles. The van der Waals surface area contributed by atoms with Crippen molar-refractivity contribution in [2.24, 2.45) is 0 Å². The molecule has 0 atom stereocenters. The Morgan fingerprint density at radius 3 is 2.76 bits per heavy atom. The second-order valence-electron chi connectivity index (χ2n) is 5.60. The normalized spacial score (nSPS) is 11.0. The van der Waals surface area contributed by atoms with Crippen LogP contribution in [-0.4, -0.2) is 22.1 Å². The Balaban J connectivity index is 1.96. The molecule has 0 unspecified atom stereocenters. The second-order valence-corrected chi connectivity index (χ2v) is 6.80. The molecule has 0 aliphatic carbocycles. The van der Waals surface area contributed by atoms with Gasteiger partial charge in [0.15, 0.2) is 0 Å². The maximum atomic E-state index is 12.8. The van der Waals surface area contributed by atoms with Crippen LogP contribution in [0.1, 0.15) is 4.88 Å². The molecule has 0 spiro atoms. The SMILES string of the molecule is COc1cccc(-c2c(C)sc3nc(-c4cccnc4)[nH]c(=O)c23)c1.